The van der Waals surface area contributed by atoms with E-state index < -0.39 is 5.82 Å². The quantitative estimate of drug-likeness (QED) is 0.734. The van der Waals surface area contributed by atoms with Crippen LogP contribution >= 0.6 is 11.6 Å². The highest BCUT2D eigenvalue weighted by molar-refractivity contribution is 6.32. The summed E-state index contributed by atoms with van der Waals surface area (Å²) in [6, 6.07) is 10.8. The number of carbonyl (C=O) groups is 1. The van der Waals surface area contributed by atoms with E-state index in [1.165, 1.54) is 18.2 Å². The first-order valence-corrected chi connectivity index (χ1v) is 5.53. The molecule has 0 spiro atoms. The van der Waals surface area contributed by atoms with Crippen molar-refractivity contribution in [2.45, 2.75) is 6.92 Å². The summed E-state index contributed by atoms with van der Waals surface area (Å²) in [6.07, 6.45) is 0. The van der Waals surface area contributed by atoms with Gasteiger partial charge in [-0.1, -0.05) is 35.9 Å². The van der Waals surface area contributed by atoms with E-state index in [-0.39, 0.29) is 5.78 Å². The molecule has 2 rings (SSSR count). The molecule has 0 aliphatic heterocycles. The number of ketones is 1. The first-order chi connectivity index (χ1) is 8.09. The van der Waals surface area contributed by atoms with Crippen molar-refractivity contribution >= 4 is 17.4 Å². The van der Waals surface area contributed by atoms with Gasteiger partial charge in [0.25, 0.3) is 0 Å². The Morgan fingerprint density at radius 1 is 1.18 bits per heavy atom. The third-order valence-corrected chi connectivity index (χ3v) is 3.01. The van der Waals surface area contributed by atoms with Crippen LogP contribution in [0.5, 0.6) is 0 Å². The largest absolute Gasteiger partial charge is 0.289 e. The summed E-state index contributed by atoms with van der Waals surface area (Å²) in [5.41, 5.74) is 1.54. The Hall–Kier alpha value is -1.67. The number of hydrogen-bond acceptors (Lipinski definition) is 1. The van der Waals surface area contributed by atoms with Gasteiger partial charge >= 0.3 is 0 Å². The highest BCUT2D eigenvalue weighted by Crippen LogP contribution is 2.21. The van der Waals surface area contributed by atoms with Gasteiger partial charge in [-0.2, -0.15) is 0 Å². The van der Waals surface area contributed by atoms with E-state index in [1.807, 2.05) is 0 Å². The van der Waals surface area contributed by atoms with E-state index in [9.17, 15) is 9.18 Å². The molecule has 0 heterocycles. The Kier molecular flexibility index (Phi) is 3.25. The van der Waals surface area contributed by atoms with E-state index in [4.69, 9.17) is 11.6 Å². The van der Waals surface area contributed by atoms with Crippen LogP contribution in [0.25, 0.3) is 0 Å². The van der Waals surface area contributed by atoms with Crippen LogP contribution in [0.15, 0.2) is 42.5 Å². The van der Waals surface area contributed by atoms with Crippen LogP contribution in [0.4, 0.5) is 4.39 Å². The van der Waals surface area contributed by atoms with Crippen LogP contribution < -0.4 is 0 Å². The SMILES string of the molecule is Cc1c(Cl)cccc1C(=O)c1cccc(F)c1. The first kappa shape index (κ1) is 11.8. The molecule has 17 heavy (non-hydrogen) atoms. The molecule has 0 saturated carbocycles. The van der Waals surface area contributed by atoms with E-state index >= 15 is 0 Å². The molecule has 0 unspecified atom stereocenters. The third kappa shape index (κ3) is 2.37. The van der Waals surface area contributed by atoms with Crippen molar-refractivity contribution in [3.63, 3.8) is 0 Å². The molecule has 0 aliphatic rings. The Balaban J connectivity index is 2.48. The molecule has 86 valence electrons. The molecule has 2 aromatic rings. The topological polar surface area (TPSA) is 17.1 Å². The molecule has 0 amide bonds. The van der Waals surface area contributed by atoms with E-state index in [1.54, 1.807) is 31.2 Å². The van der Waals surface area contributed by atoms with Crippen molar-refractivity contribution in [1.29, 1.82) is 0 Å². The zero-order valence-corrected chi connectivity index (χ0v) is 9.96. The van der Waals surface area contributed by atoms with E-state index in [2.05, 4.69) is 0 Å². The minimum Gasteiger partial charge on any atom is -0.289 e. The van der Waals surface area contributed by atoms with Crippen molar-refractivity contribution in [2.75, 3.05) is 0 Å². The van der Waals surface area contributed by atoms with Gasteiger partial charge in [-0.05, 0) is 30.7 Å². The van der Waals surface area contributed by atoms with E-state index in [0.29, 0.717) is 21.7 Å². The smallest absolute Gasteiger partial charge is 0.193 e. The Bertz CT molecular complexity index is 578. The number of benzene rings is 2. The Labute approximate surface area is 104 Å². The lowest BCUT2D eigenvalue weighted by molar-refractivity contribution is 0.103. The molecule has 0 atom stereocenters. The van der Waals surface area contributed by atoms with Crippen molar-refractivity contribution in [3.8, 4) is 0 Å². The molecule has 0 bridgehead atoms. The van der Waals surface area contributed by atoms with Crippen molar-refractivity contribution in [2.24, 2.45) is 0 Å². The molecular weight excluding hydrogens is 239 g/mol. The highest BCUT2D eigenvalue weighted by Gasteiger charge is 2.13. The zero-order valence-electron chi connectivity index (χ0n) is 9.21. The monoisotopic (exact) mass is 248 g/mol. The van der Waals surface area contributed by atoms with Gasteiger partial charge in [-0.3, -0.25) is 4.79 Å². The third-order valence-electron chi connectivity index (χ3n) is 2.60. The molecular formula is C14H10ClFO. The van der Waals surface area contributed by atoms with Crippen LogP contribution in [0.2, 0.25) is 5.02 Å². The second kappa shape index (κ2) is 4.68. The van der Waals surface area contributed by atoms with Crippen molar-refractivity contribution < 1.29 is 9.18 Å². The van der Waals surface area contributed by atoms with Gasteiger partial charge in [0.05, 0.1) is 0 Å². The Morgan fingerprint density at radius 3 is 2.59 bits per heavy atom. The van der Waals surface area contributed by atoms with Crippen LogP contribution in [0.1, 0.15) is 21.5 Å². The molecule has 0 aromatic heterocycles. The number of hydrogen-bond donors (Lipinski definition) is 0. The molecule has 2 aromatic carbocycles. The maximum Gasteiger partial charge on any atom is 0.193 e. The average molecular weight is 249 g/mol. The molecule has 0 aliphatic carbocycles. The van der Waals surface area contributed by atoms with Crippen LogP contribution in [0.3, 0.4) is 0 Å². The summed E-state index contributed by atoms with van der Waals surface area (Å²) in [7, 11) is 0. The number of rotatable bonds is 2. The molecule has 0 saturated heterocycles. The lowest BCUT2D eigenvalue weighted by Gasteiger charge is -2.06. The fourth-order valence-corrected chi connectivity index (χ4v) is 1.81. The molecule has 1 nitrogen and oxygen atoms in total. The lowest BCUT2D eigenvalue weighted by atomic mass is 9.99. The summed E-state index contributed by atoms with van der Waals surface area (Å²) in [5, 5.41) is 0.534. The normalized spacial score (nSPS) is 10.3. The fraction of sp³-hybridized carbons (Fsp3) is 0.0714. The number of carbonyl (C=O) groups excluding carboxylic acids is 1. The van der Waals surface area contributed by atoms with Gasteiger partial charge in [0.1, 0.15) is 5.82 Å². The molecule has 3 heteroatoms. The van der Waals surface area contributed by atoms with Crippen LogP contribution in [0, 0.1) is 12.7 Å². The minimum atomic E-state index is -0.421. The van der Waals surface area contributed by atoms with Gasteiger partial charge in [-0.25, -0.2) is 4.39 Å². The summed E-state index contributed by atoms with van der Waals surface area (Å²) in [6.45, 7) is 1.77. The van der Waals surface area contributed by atoms with Gasteiger partial charge < -0.3 is 0 Å². The van der Waals surface area contributed by atoms with Gasteiger partial charge in [0, 0.05) is 16.1 Å². The second-order valence-corrected chi connectivity index (χ2v) is 4.16. The molecule has 0 fully saturated rings. The number of halogens is 2. The summed E-state index contributed by atoms with van der Waals surface area (Å²) in [4.78, 5) is 12.1. The van der Waals surface area contributed by atoms with Crippen molar-refractivity contribution in [3.05, 3.63) is 70.0 Å². The van der Waals surface area contributed by atoms with Crippen molar-refractivity contribution in [1.82, 2.24) is 0 Å². The van der Waals surface area contributed by atoms with Gasteiger partial charge in [-0.15, -0.1) is 0 Å². The predicted molar refractivity (Wildman–Crippen MR) is 66.0 cm³/mol. The highest BCUT2D eigenvalue weighted by atomic mass is 35.5. The van der Waals surface area contributed by atoms with Gasteiger partial charge in [0.15, 0.2) is 5.78 Å². The minimum absolute atomic E-state index is 0.218. The average Bonchev–Trinajstić information content (AvgIpc) is 2.32. The zero-order chi connectivity index (χ0) is 12.4. The lowest BCUT2D eigenvalue weighted by Crippen LogP contribution is -2.04. The van der Waals surface area contributed by atoms with Crippen LogP contribution in [-0.4, -0.2) is 5.78 Å². The first-order valence-electron chi connectivity index (χ1n) is 5.15. The standard InChI is InChI=1S/C14H10ClFO/c1-9-12(6-3-7-13(9)15)14(17)10-4-2-5-11(16)8-10/h2-8H,1H3. The molecule has 0 N–H and O–H groups in total. The van der Waals surface area contributed by atoms with Gasteiger partial charge in [0.2, 0.25) is 0 Å². The van der Waals surface area contributed by atoms with E-state index in [0.717, 1.165) is 0 Å². The maximum atomic E-state index is 13.0. The fourth-order valence-electron chi connectivity index (χ4n) is 1.64. The predicted octanol–water partition coefficient (Wildman–Crippen LogP) is 4.02. The maximum absolute atomic E-state index is 13.0. The van der Waals surface area contributed by atoms with Crippen LogP contribution in [-0.2, 0) is 0 Å². The Morgan fingerprint density at radius 2 is 1.88 bits per heavy atom. The molecule has 0 radical (unpaired) electrons. The second-order valence-electron chi connectivity index (χ2n) is 3.75. The summed E-state index contributed by atoms with van der Waals surface area (Å²) < 4.78 is 13.0. The summed E-state index contributed by atoms with van der Waals surface area (Å²) in [5.74, 6) is -0.639. The summed E-state index contributed by atoms with van der Waals surface area (Å²) >= 11 is 5.95.